The van der Waals surface area contributed by atoms with Crippen molar-refractivity contribution in [3.63, 3.8) is 0 Å². The standard InChI is InChI=1S/C21H29N5O/c1-22-20-16-19(7-10-23-20)25-21(27)24-11-14-26-12-8-18(9-13-26)15-17-5-3-2-4-6-17/h2-7,10,16,18H,8-9,11-15H2,1H3,(H3,22,23,24,25,27). The van der Waals surface area contributed by atoms with Crippen molar-refractivity contribution in [2.75, 3.05) is 43.9 Å². The molecule has 27 heavy (non-hydrogen) atoms. The van der Waals surface area contributed by atoms with Crippen LogP contribution in [0.15, 0.2) is 48.7 Å². The molecule has 2 heterocycles. The first-order valence-electron chi connectivity index (χ1n) is 9.68. The van der Waals surface area contributed by atoms with Crippen LogP contribution >= 0.6 is 0 Å². The highest BCUT2D eigenvalue weighted by Gasteiger charge is 2.19. The lowest BCUT2D eigenvalue weighted by Crippen LogP contribution is -2.40. The Morgan fingerprint density at radius 2 is 1.96 bits per heavy atom. The Morgan fingerprint density at radius 1 is 1.19 bits per heavy atom. The fraction of sp³-hybridized carbons (Fsp3) is 0.429. The average Bonchev–Trinajstić information content (AvgIpc) is 2.70. The number of carbonyl (C=O) groups is 1. The molecule has 6 nitrogen and oxygen atoms in total. The molecule has 0 aliphatic carbocycles. The number of likely N-dealkylation sites (tertiary alicyclic amines) is 1. The number of urea groups is 1. The molecule has 0 bridgehead atoms. The summed E-state index contributed by atoms with van der Waals surface area (Å²) in [5.41, 5.74) is 2.17. The minimum Gasteiger partial charge on any atom is -0.373 e. The molecule has 2 amide bonds. The van der Waals surface area contributed by atoms with Gasteiger partial charge in [0.15, 0.2) is 0 Å². The van der Waals surface area contributed by atoms with Gasteiger partial charge in [0, 0.05) is 38.1 Å². The Labute approximate surface area is 161 Å². The van der Waals surface area contributed by atoms with Crippen LogP contribution in [0.2, 0.25) is 0 Å². The lowest BCUT2D eigenvalue weighted by molar-refractivity contribution is 0.184. The molecular formula is C21H29N5O. The van der Waals surface area contributed by atoms with Gasteiger partial charge >= 0.3 is 6.03 Å². The predicted molar refractivity (Wildman–Crippen MR) is 110 cm³/mol. The number of piperidine rings is 1. The molecule has 2 aromatic rings. The van der Waals surface area contributed by atoms with Gasteiger partial charge in [-0.25, -0.2) is 9.78 Å². The number of rotatable bonds is 7. The van der Waals surface area contributed by atoms with Gasteiger partial charge < -0.3 is 20.9 Å². The van der Waals surface area contributed by atoms with Crippen molar-refractivity contribution in [3.05, 3.63) is 54.2 Å². The highest BCUT2D eigenvalue weighted by atomic mass is 16.2. The monoisotopic (exact) mass is 367 g/mol. The number of nitrogens with one attached hydrogen (secondary N) is 3. The SMILES string of the molecule is CNc1cc(NC(=O)NCCN2CCC(Cc3ccccc3)CC2)ccn1. The highest BCUT2D eigenvalue weighted by molar-refractivity contribution is 5.89. The molecule has 3 N–H and O–H groups in total. The maximum Gasteiger partial charge on any atom is 0.319 e. The summed E-state index contributed by atoms with van der Waals surface area (Å²) in [6.07, 6.45) is 5.30. The van der Waals surface area contributed by atoms with Gasteiger partial charge in [-0.3, -0.25) is 0 Å². The smallest absolute Gasteiger partial charge is 0.319 e. The molecule has 6 heteroatoms. The molecule has 144 valence electrons. The molecule has 0 saturated carbocycles. The Bertz CT molecular complexity index is 714. The third kappa shape index (κ3) is 6.25. The van der Waals surface area contributed by atoms with E-state index in [1.165, 1.54) is 24.8 Å². The van der Waals surface area contributed by atoms with Gasteiger partial charge in [-0.15, -0.1) is 0 Å². The van der Waals surface area contributed by atoms with Crippen LogP contribution in [0.5, 0.6) is 0 Å². The number of anilines is 2. The molecule has 3 rings (SSSR count). The lowest BCUT2D eigenvalue weighted by atomic mass is 9.90. The van der Waals surface area contributed by atoms with E-state index in [4.69, 9.17) is 0 Å². The molecule has 1 aliphatic rings. The van der Waals surface area contributed by atoms with E-state index in [0.717, 1.165) is 37.1 Å². The molecule has 1 aromatic heterocycles. The molecule has 1 aromatic carbocycles. The summed E-state index contributed by atoms with van der Waals surface area (Å²) in [6.45, 7) is 3.76. The summed E-state index contributed by atoms with van der Waals surface area (Å²) < 4.78 is 0. The van der Waals surface area contributed by atoms with Gasteiger partial charge in [-0.1, -0.05) is 30.3 Å². The van der Waals surface area contributed by atoms with E-state index in [1.54, 1.807) is 25.4 Å². The Kier molecular flexibility index (Phi) is 7.04. The van der Waals surface area contributed by atoms with Crippen molar-refractivity contribution in [1.82, 2.24) is 15.2 Å². The third-order valence-corrected chi connectivity index (χ3v) is 5.06. The number of benzene rings is 1. The Morgan fingerprint density at radius 3 is 2.70 bits per heavy atom. The van der Waals surface area contributed by atoms with Crippen LogP contribution in [0.1, 0.15) is 18.4 Å². The molecule has 0 radical (unpaired) electrons. The lowest BCUT2D eigenvalue weighted by Gasteiger charge is -2.32. The number of hydrogen-bond acceptors (Lipinski definition) is 4. The maximum absolute atomic E-state index is 12.0. The number of nitrogens with zero attached hydrogens (tertiary/aromatic N) is 2. The molecular weight excluding hydrogens is 338 g/mol. The van der Waals surface area contributed by atoms with Crippen LogP contribution < -0.4 is 16.0 Å². The zero-order chi connectivity index (χ0) is 18.9. The molecule has 0 atom stereocenters. The summed E-state index contributed by atoms with van der Waals surface area (Å²) in [7, 11) is 1.80. The van der Waals surface area contributed by atoms with Crippen LogP contribution in [-0.4, -0.2) is 49.1 Å². The Balaban J connectivity index is 1.32. The fourth-order valence-electron chi connectivity index (χ4n) is 3.51. The zero-order valence-corrected chi connectivity index (χ0v) is 15.9. The second-order valence-corrected chi connectivity index (χ2v) is 7.04. The fourth-order valence-corrected chi connectivity index (χ4v) is 3.51. The van der Waals surface area contributed by atoms with Crippen LogP contribution in [0.3, 0.4) is 0 Å². The summed E-state index contributed by atoms with van der Waals surface area (Å²) in [6, 6.07) is 14.1. The molecule has 1 aliphatic heterocycles. The summed E-state index contributed by atoms with van der Waals surface area (Å²) in [4.78, 5) is 18.6. The number of amides is 2. The number of pyridine rings is 1. The first-order chi connectivity index (χ1) is 13.2. The van der Waals surface area contributed by atoms with Gasteiger partial charge in [0.2, 0.25) is 0 Å². The second kappa shape index (κ2) is 9.92. The first-order valence-corrected chi connectivity index (χ1v) is 9.68. The van der Waals surface area contributed by atoms with Crippen molar-refractivity contribution in [2.45, 2.75) is 19.3 Å². The van der Waals surface area contributed by atoms with Crippen LogP contribution in [0.25, 0.3) is 0 Å². The number of hydrogen-bond donors (Lipinski definition) is 3. The van der Waals surface area contributed by atoms with Gasteiger partial charge in [0.05, 0.1) is 0 Å². The van der Waals surface area contributed by atoms with Crippen molar-refractivity contribution in [3.8, 4) is 0 Å². The van der Waals surface area contributed by atoms with Gasteiger partial charge in [-0.2, -0.15) is 0 Å². The minimum absolute atomic E-state index is 0.179. The molecule has 1 fully saturated rings. The van der Waals surface area contributed by atoms with Crippen molar-refractivity contribution in [2.24, 2.45) is 5.92 Å². The molecule has 1 saturated heterocycles. The van der Waals surface area contributed by atoms with E-state index >= 15 is 0 Å². The summed E-state index contributed by atoms with van der Waals surface area (Å²) in [5.74, 6) is 1.50. The van der Waals surface area contributed by atoms with Gasteiger partial charge in [0.25, 0.3) is 0 Å². The van der Waals surface area contributed by atoms with Crippen LogP contribution in [0.4, 0.5) is 16.3 Å². The van der Waals surface area contributed by atoms with Crippen molar-refractivity contribution < 1.29 is 4.79 Å². The van der Waals surface area contributed by atoms with Crippen LogP contribution in [0, 0.1) is 5.92 Å². The summed E-state index contributed by atoms with van der Waals surface area (Å²) in [5, 5.41) is 8.73. The third-order valence-electron chi connectivity index (χ3n) is 5.06. The molecule has 0 spiro atoms. The topological polar surface area (TPSA) is 69.3 Å². The van der Waals surface area contributed by atoms with E-state index in [2.05, 4.69) is 56.2 Å². The van der Waals surface area contributed by atoms with Gasteiger partial charge in [0.1, 0.15) is 5.82 Å². The zero-order valence-electron chi connectivity index (χ0n) is 15.9. The van der Waals surface area contributed by atoms with E-state index in [-0.39, 0.29) is 6.03 Å². The Hall–Kier alpha value is -2.60. The predicted octanol–water partition coefficient (Wildman–Crippen LogP) is 3.20. The molecule has 0 unspecified atom stereocenters. The largest absolute Gasteiger partial charge is 0.373 e. The van der Waals surface area contributed by atoms with Crippen LogP contribution in [-0.2, 0) is 6.42 Å². The highest BCUT2D eigenvalue weighted by Crippen LogP contribution is 2.21. The van der Waals surface area contributed by atoms with Crippen molar-refractivity contribution in [1.29, 1.82) is 0 Å². The number of carbonyl (C=O) groups excluding carboxylic acids is 1. The van der Waals surface area contributed by atoms with E-state index in [9.17, 15) is 4.79 Å². The van der Waals surface area contributed by atoms with Gasteiger partial charge in [-0.05, 0) is 49.9 Å². The van der Waals surface area contributed by atoms with E-state index < -0.39 is 0 Å². The second-order valence-electron chi connectivity index (χ2n) is 7.04. The maximum atomic E-state index is 12.0. The van der Waals surface area contributed by atoms with E-state index in [1.807, 2.05) is 0 Å². The number of aromatic nitrogens is 1. The normalized spacial score (nSPS) is 15.3. The average molecular weight is 367 g/mol. The quantitative estimate of drug-likeness (QED) is 0.703. The first kappa shape index (κ1) is 19.2. The minimum atomic E-state index is -0.179. The summed E-state index contributed by atoms with van der Waals surface area (Å²) >= 11 is 0. The van der Waals surface area contributed by atoms with E-state index in [0.29, 0.717) is 6.54 Å². The van der Waals surface area contributed by atoms with Crippen molar-refractivity contribution >= 4 is 17.5 Å².